The number of carbonyl (C=O) groups excluding carboxylic acids is 1. The number of rotatable bonds is 3. The first-order chi connectivity index (χ1) is 11.0. The van der Waals surface area contributed by atoms with E-state index in [1.165, 1.54) is 12.1 Å². The molecule has 1 fully saturated rings. The van der Waals surface area contributed by atoms with Gasteiger partial charge < -0.3 is 9.42 Å². The summed E-state index contributed by atoms with van der Waals surface area (Å²) in [5.74, 6) is 0.748. The van der Waals surface area contributed by atoms with Gasteiger partial charge in [0.2, 0.25) is 17.6 Å². The van der Waals surface area contributed by atoms with Gasteiger partial charge >= 0.3 is 0 Å². The Morgan fingerprint density at radius 2 is 2.26 bits per heavy atom. The fourth-order valence-corrected chi connectivity index (χ4v) is 2.89. The lowest BCUT2D eigenvalue weighted by Crippen LogP contribution is -2.41. The Bertz CT molecular complexity index is 699. The first-order valence-corrected chi connectivity index (χ1v) is 7.93. The molecular weight excluding hydrogens is 297 g/mol. The summed E-state index contributed by atoms with van der Waals surface area (Å²) in [6, 6.07) is 6.11. The molecule has 0 saturated carbocycles. The van der Waals surface area contributed by atoms with Crippen LogP contribution in [0.1, 0.15) is 38.5 Å². The topological polar surface area (TPSA) is 59.2 Å². The number of hydrogen-bond acceptors (Lipinski definition) is 4. The maximum absolute atomic E-state index is 13.3. The lowest BCUT2D eigenvalue weighted by molar-refractivity contribution is -0.135. The summed E-state index contributed by atoms with van der Waals surface area (Å²) < 4.78 is 18.7. The smallest absolute Gasteiger partial charge is 0.231 e. The van der Waals surface area contributed by atoms with Gasteiger partial charge in [-0.2, -0.15) is 4.98 Å². The Morgan fingerprint density at radius 1 is 1.43 bits per heavy atom. The Labute approximate surface area is 134 Å². The van der Waals surface area contributed by atoms with Gasteiger partial charge in [0.15, 0.2) is 0 Å². The van der Waals surface area contributed by atoms with Crippen LogP contribution in [0.3, 0.4) is 0 Å². The van der Waals surface area contributed by atoms with Crippen molar-refractivity contribution in [2.45, 2.75) is 32.6 Å². The number of nitrogens with zero attached hydrogens (tertiary/aromatic N) is 3. The van der Waals surface area contributed by atoms with E-state index in [-0.39, 0.29) is 23.6 Å². The molecule has 0 radical (unpaired) electrons. The van der Waals surface area contributed by atoms with Gasteiger partial charge in [-0.25, -0.2) is 4.39 Å². The first kappa shape index (κ1) is 15.6. The molecule has 6 heteroatoms. The fraction of sp³-hybridized carbons (Fsp3) is 0.471. The highest BCUT2D eigenvalue weighted by molar-refractivity contribution is 5.78. The molecule has 122 valence electrons. The highest BCUT2D eigenvalue weighted by Gasteiger charge is 2.29. The number of benzene rings is 1. The van der Waals surface area contributed by atoms with Crippen LogP contribution >= 0.6 is 0 Å². The maximum atomic E-state index is 13.3. The molecule has 0 spiro atoms. The highest BCUT2D eigenvalue weighted by atomic mass is 19.1. The zero-order valence-electron chi connectivity index (χ0n) is 13.3. The third kappa shape index (κ3) is 3.41. The van der Waals surface area contributed by atoms with Crippen LogP contribution in [0.2, 0.25) is 0 Å². The van der Waals surface area contributed by atoms with Gasteiger partial charge in [-0.1, -0.05) is 31.1 Å². The summed E-state index contributed by atoms with van der Waals surface area (Å²) in [6.45, 7) is 5.18. The average Bonchev–Trinajstić information content (AvgIpc) is 3.04. The second-order valence-electron chi connectivity index (χ2n) is 6.24. The number of amides is 1. The van der Waals surface area contributed by atoms with Crippen molar-refractivity contribution in [1.29, 1.82) is 0 Å². The monoisotopic (exact) mass is 317 g/mol. The molecule has 1 atom stereocenters. The molecule has 0 aliphatic carbocycles. The number of aromatic nitrogens is 2. The molecule has 1 aliphatic rings. The quantitative estimate of drug-likeness (QED) is 0.872. The van der Waals surface area contributed by atoms with Crippen molar-refractivity contribution in [3.8, 4) is 11.4 Å². The normalized spacial score (nSPS) is 18.4. The number of hydrogen-bond donors (Lipinski definition) is 0. The predicted octanol–water partition coefficient (Wildman–Crippen LogP) is 3.24. The van der Waals surface area contributed by atoms with E-state index in [0.717, 1.165) is 19.4 Å². The molecule has 1 aromatic heterocycles. The van der Waals surface area contributed by atoms with Crippen molar-refractivity contribution >= 4 is 5.91 Å². The zero-order chi connectivity index (χ0) is 16.4. The molecule has 5 nitrogen and oxygen atoms in total. The summed E-state index contributed by atoms with van der Waals surface area (Å²) in [5.41, 5.74) is 0.589. The van der Waals surface area contributed by atoms with Crippen molar-refractivity contribution in [3.05, 3.63) is 36.0 Å². The summed E-state index contributed by atoms with van der Waals surface area (Å²) in [6.07, 6.45) is 1.83. The van der Waals surface area contributed by atoms with E-state index in [4.69, 9.17) is 4.52 Å². The molecule has 0 N–H and O–H groups in total. The van der Waals surface area contributed by atoms with E-state index >= 15 is 0 Å². The van der Waals surface area contributed by atoms with Crippen molar-refractivity contribution in [3.63, 3.8) is 0 Å². The van der Waals surface area contributed by atoms with Crippen LogP contribution in [0, 0.1) is 11.7 Å². The third-order valence-electron chi connectivity index (χ3n) is 4.10. The molecule has 1 amide bonds. The van der Waals surface area contributed by atoms with E-state index in [9.17, 15) is 9.18 Å². The van der Waals surface area contributed by atoms with Crippen LogP contribution in [-0.4, -0.2) is 34.0 Å². The Hall–Kier alpha value is -2.24. The number of halogens is 1. The van der Waals surface area contributed by atoms with Crippen molar-refractivity contribution < 1.29 is 13.7 Å². The summed E-state index contributed by atoms with van der Waals surface area (Å²) in [5, 5.41) is 3.95. The third-order valence-corrected chi connectivity index (χ3v) is 4.10. The second kappa shape index (κ2) is 6.48. The summed E-state index contributed by atoms with van der Waals surface area (Å²) >= 11 is 0. The van der Waals surface area contributed by atoms with Crippen LogP contribution in [0.25, 0.3) is 11.4 Å². The fourth-order valence-electron chi connectivity index (χ4n) is 2.89. The van der Waals surface area contributed by atoms with E-state index in [2.05, 4.69) is 10.1 Å². The number of carbonyl (C=O) groups is 1. The molecule has 2 heterocycles. The van der Waals surface area contributed by atoms with Crippen LogP contribution in [0.4, 0.5) is 4.39 Å². The van der Waals surface area contributed by atoms with Gasteiger partial charge in [-0.3, -0.25) is 4.79 Å². The number of piperidine rings is 1. The molecule has 2 aromatic rings. The number of likely N-dealkylation sites (tertiary alicyclic amines) is 1. The second-order valence-corrected chi connectivity index (χ2v) is 6.24. The Morgan fingerprint density at radius 3 is 3.00 bits per heavy atom. The van der Waals surface area contributed by atoms with Crippen molar-refractivity contribution in [2.75, 3.05) is 13.1 Å². The molecule has 0 unspecified atom stereocenters. The highest BCUT2D eigenvalue weighted by Crippen LogP contribution is 2.28. The molecule has 1 aromatic carbocycles. The predicted molar refractivity (Wildman–Crippen MR) is 83.1 cm³/mol. The minimum absolute atomic E-state index is 0.0145. The average molecular weight is 317 g/mol. The van der Waals surface area contributed by atoms with Gasteiger partial charge in [0, 0.05) is 24.6 Å². The van der Waals surface area contributed by atoms with E-state index in [1.807, 2.05) is 18.7 Å². The molecule has 23 heavy (non-hydrogen) atoms. The minimum Gasteiger partial charge on any atom is -0.342 e. The first-order valence-electron chi connectivity index (χ1n) is 7.93. The Kier molecular flexibility index (Phi) is 4.41. The van der Waals surface area contributed by atoms with Gasteiger partial charge in [-0.05, 0) is 25.0 Å². The SMILES string of the molecule is CC(C)C(=O)N1CCC[C@@H](c2nc(-c3cccc(F)c3)no2)C1. The maximum Gasteiger partial charge on any atom is 0.231 e. The van der Waals surface area contributed by atoms with Crippen molar-refractivity contribution in [1.82, 2.24) is 15.0 Å². The molecule has 1 saturated heterocycles. The van der Waals surface area contributed by atoms with Crippen LogP contribution in [0.15, 0.2) is 28.8 Å². The zero-order valence-corrected chi connectivity index (χ0v) is 13.3. The standard InChI is InChI=1S/C17H20FN3O2/c1-11(2)17(22)21-8-4-6-13(10-21)16-19-15(20-23-16)12-5-3-7-14(18)9-12/h3,5,7,9,11,13H,4,6,8,10H2,1-2H3/t13-/m1/s1. The van der Waals surface area contributed by atoms with Gasteiger partial charge in [0.1, 0.15) is 5.82 Å². The molecule has 3 rings (SSSR count). The van der Waals surface area contributed by atoms with Gasteiger partial charge in [0.25, 0.3) is 0 Å². The van der Waals surface area contributed by atoms with Crippen molar-refractivity contribution in [2.24, 2.45) is 5.92 Å². The molecule has 0 bridgehead atoms. The minimum atomic E-state index is -0.333. The van der Waals surface area contributed by atoms with E-state index < -0.39 is 0 Å². The molecule has 1 aliphatic heterocycles. The van der Waals surface area contributed by atoms with Gasteiger partial charge in [0.05, 0.1) is 5.92 Å². The summed E-state index contributed by atoms with van der Waals surface area (Å²) in [4.78, 5) is 18.4. The van der Waals surface area contributed by atoms with Crippen LogP contribution < -0.4 is 0 Å². The van der Waals surface area contributed by atoms with Gasteiger partial charge in [-0.15, -0.1) is 0 Å². The largest absolute Gasteiger partial charge is 0.342 e. The lowest BCUT2D eigenvalue weighted by atomic mass is 9.97. The Balaban J connectivity index is 1.76. The van der Waals surface area contributed by atoms with Crippen LogP contribution in [-0.2, 0) is 4.79 Å². The van der Waals surface area contributed by atoms with E-state index in [0.29, 0.717) is 23.8 Å². The van der Waals surface area contributed by atoms with Crippen LogP contribution in [0.5, 0.6) is 0 Å². The molecular formula is C17H20FN3O2. The lowest BCUT2D eigenvalue weighted by Gasteiger charge is -2.32. The summed E-state index contributed by atoms with van der Waals surface area (Å²) in [7, 11) is 0. The van der Waals surface area contributed by atoms with E-state index in [1.54, 1.807) is 12.1 Å².